The van der Waals surface area contributed by atoms with Gasteiger partial charge in [0.2, 0.25) is 0 Å². The minimum Gasteiger partial charge on any atom is -0.350 e. The zero-order valence-electron chi connectivity index (χ0n) is 18.8. The van der Waals surface area contributed by atoms with E-state index in [0.29, 0.717) is 28.5 Å². The molecule has 0 amide bonds. The largest absolute Gasteiger partial charge is 0.350 e. The van der Waals surface area contributed by atoms with Gasteiger partial charge in [-0.05, 0) is 36.4 Å². The maximum Gasteiger partial charge on any atom is 0.283 e. The molecule has 174 valence electrons. The highest BCUT2D eigenvalue weighted by atomic mass is 19.1. The lowest BCUT2D eigenvalue weighted by Gasteiger charge is -2.21. The van der Waals surface area contributed by atoms with Crippen LogP contribution in [0.1, 0.15) is 19.7 Å². The Balaban J connectivity index is 0.00000133. The number of benzene rings is 2. The Hall–Kier alpha value is -4.41. The SMILES string of the molecule is CC.CN(Cc1nc2cccc(F)c2c(=O)n1Nc1ccc(F)cc1)c1ncnc2nc[nH]c12. The molecule has 9 nitrogen and oxygen atoms in total. The van der Waals surface area contributed by atoms with Crippen LogP contribution >= 0.6 is 0 Å². The van der Waals surface area contributed by atoms with Crippen LogP contribution in [0, 0.1) is 11.6 Å². The smallest absolute Gasteiger partial charge is 0.283 e. The van der Waals surface area contributed by atoms with Crippen molar-refractivity contribution in [3.63, 3.8) is 0 Å². The summed E-state index contributed by atoms with van der Waals surface area (Å²) in [5.74, 6) is -0.247. The predicted molar refractivity (Wildman–Crippen MR) is 127 cm³/mol. The van der Waals surface area contributed by atoms with Crippen molar-refractivity contribution < 1.29 is 8.78 Å². The Kier molecular flexibility index (Phi) is 6.44. The molecule has 0 atom stereocenters. The van der Waals surface area contributed by atoms with Crippen molar-refractivity contribution in [2.75, 3.05) is 17.4 Å². The summed E-state index contributed by atoms with van der Waals surface area (Å²) in [6.07, 6.45) is 2.90. The van der Waals surface area contributed by atoms with E-state index in [0.717, 1.165) is 4.68 Å². The van der Waals surface area contributed by atoms with Gasteiger partial charge in [0.15, 0.2) is 17.3 Å². The first-order chi connectivity index (χ1) is 16.5. The molecule has 5 rings (SSSR count). The standard InChI is InChI=1S/C21H16F2N8O.C2H6/c1-30(20-18-19(25-10-24-18)26-11-27-20)9-16-28-15-4-2-3-14(23)17(15)21(32)31(16)29-13-7-5-12(22)6-8-13;1-2/h2-8,10-11,29H,9H2,1H3,(H,24,25,26,27);1-2H3. The van der Waals surface area contributed by atoms with Crippen LogP contribution < -0.4 is 15.9 Å². The number of nitrogens with zero attached hydrogens (tertiary/aromatic N) is 6. The quantitative estimate of drug-likeness (QED) is 0.407. The van der Waals surface area contributed by atoms with Crippen molar-refractivity contribution in [3.05, 3.63) is 82.9 Å². The van der Waals surface area contributed by atoms with E-state index in [-0.39, 0.29) is 17.4 Å². The Bertz CT molecular complexity index is 1500. The molecule has 0 aliphatic carbocycles. The molecule has 2 N–H and O–H groups in total. The molecular weight excluding hydrogens is 442 g/mol. The van der Waals surface area contributed by atoms with Gasteiger partial charge >= 0.3 is 0 Å². The summed E-state index contributed by atoms with van der Waals surface area (Å²) in [6.45, 7) is 4.14. The Labute approximate surface area is 193 Å². The van der Waals surface area contributed by atoms with E-state index in [1.54, 1.807) is 18.0 Å². The molecule has 3 aromatic heterocycles. The number of rotatable bonds is 5. The first-order valence-electron chi connectivity index (χ1n) is 10.6. The van der Waals surface area contributed by atoms with Crippen molar-refractivity contribution in [2.24, 2.45) is 0 Å². The molecule has 0 unspecified atom stereocenters. The van der Waals surface area contributed by atoms with Crippen molar-refractivity contribution in [1.82, 2.24) is 29.6 Å². The highest BCUT2D eigenvalue weighted by Gasteiger charge is 2.18. The van der Waals surface area contributed by atoms with Crippen LogP contribution in [-0.4, -0.2) is 36.6 Å². The Morgan fingerprint density at radius 1 is 1.06 bits per heavy atom. The molecular formula is C23H22F2N8O. The van der Waals surface area contributed by atoms with Gasteiger partial charge < -0.3 is 9.88 Å². The van der Waals surface area contributed by atoms with Crippen LogP contribution in [0.5, 0.6) is 0 Å². The minimum atomic E-state index is -0.676. The minimum absolute atomic E-state index is 0.140. The van der Waals surface area contributed by atoms with E-state index in [9.17, 15) is 13.6 Å². The average Bonchev–Trinajstić information content (AvgIpc) is 3.33. The molecule has 0 aliphatic rings. The highest BCUT2D eigenvalue weighted by molar-refractivity contribution is 5.82. The summed E-state index contributed by atoms with van der Waals surface area (Å²) in [6, 6.07) is 9.72. The lowest BCUT2D eigenvalue weighted by molar-refractivity contribution is 0.627. The number of hydrogen-bond donors (Lipinski definition) is 2. The average molecular weight is 464 g/mol. The second-order valence-electron chi connectivity index (χ2n) is 7.08. The molecule has 0 fully saturated rings. The number of halogens is 2. The topological polar surface area (TPSA) is 105 Å². The molecule has 0 saturated heterocycles. The number of nitrogens with one attached hydrogen (secondary N) is 2. The maximum absolute atomic E-state index is 14.4. The Morgan fingerprint density at radius 3 is 2.59 bits per heavy atom. The van der Waals surface area contributed by atoms with Gasteiger partial charge in [0.1, 0.15) is 28.9 Å². The van der Waals surface area contributed by atoms with Gasteiger partial charge in [0, 0.05) is 7.05 Å². The third kappa shape index (κ3) is 4.27. The summed E-state index contributed by atoms with van der Waals surface area (Å²) in [5, 5.41) is -0.147. The number of hydrogen-bond acceptors (Lipinski definition) is 7. The molecule has 0 bridgehead atoms. The van der Waals surface area contributed by atoms with Crippen LogP contribution in [-0.2, 0) is 6.54 Å². The summed E-state index contributed by atoms with van der Waals surface area (Å²) < 4.78 is 28.9. The van der Waals surface area contributed by atoms with E-state index >= 15 is 0 Å². The molecule has 0 aliphatic heterocycles. The van der Waals surface area contributed by atoms with Crippen LogP contribution in [0.3, 0.4) is 0 Å². The second kappa shape index (κ2) is 9.61. The van der Waals surface area contributed by atoms with E-state index in [1.807, 2.05) is 13.8 Å². The van der Waals surface area contributed by atoms with Gasteiger partial charge in [-0.3, -0.25) is 10.2 Å². The molecule has 5 aromatic rings. The first kappa shape index (κ1) is 22.8. The number of imidazole rings is 1. The van der Waals surface area contributed by atoms with Gasteiger partial charge in [-0.15, -0.1) is 0 Å². The molecule has 0 radical (unpaired) electrons. The molecule has 34 heavy (non-hydrogen) atoms. The Morgan fingerprint density at radius 2 is 1.82 bits per heavy atom. The summed E-state index contributed by atoms with van der Waals surface area (Å²) >= 11 is 0. The lowest BCUT2D eigenvalue weighted by Crippen LogP contribution is -2.34. The number of aromatic nitrogens is 6. The number of anilines is 2. The molecule has 11 heteroatoms. The van der Waals surface area contributed by atoms with Crippen LogP contribution in [0.25, 0.3) is 22.1 Å². The molecule has 3 heterocycles. The molecule has 2 aromatic carbocycles. The normalized spacial score (nSPS) is 10.7. The zero-order chi connectivity index (χ0) is 24.2. The van der Waals surface area contributed by atoms with Gasteiger partial charge in [0.25, 0.3) is 5.56 Å². The molecule has 0 spiro atoms. The summed E-state index contributed by atoms with van der Waals surface area (Å²) in [4.78, 5) is 35.0. The number of H-pyrrole nitrogens is 1. The van der Waals surface area contributed by atoms with Crippen molar-refractivity contribution in [2.45, 2.75) is 20.4 Å². The lowest BCUT2D eigenvalue weighted by atomic mass is 10.2. The van der Waals surface area contributed by atoms with E-state index in [1.165, 1.54) is 49.1 Å². The van der Waals surface area contributed by atoms with Crippen molar-refractivity contribution >= 4 is 33.6 Å². The van der Waals surface area contributed by atoms with Gasteiger partial charge in [-0.25, -0.2) is 33.4 Å². The fraction of sp³-hybridized carbons (Fsp3) is 0.174. The molecule has 0 saturated carbocycles. The van der Waals surface area contributed by atoms with Crippen molar-refractivity contribution in [3.8, 4) is 0 Å². The first-order valence-corrected chi connectivity index (χ1v) is 10.6. The van der Waals surface area contributed by atoms with E-state index in [4.69, 9.17) is 0 Å². The van der Waals surface area contributed by atoms with E-state index in [2.05, 4.69) is 30.3 Å². The maximum atomic E-state index is 14.4. The fourth-order valence-electron chi connectivity index (χ4n) is 3.44. The zero-order valence-corrected chi connectivity index (χ0v) is 18.8. The van der Waals surface area contributed by atoms with Gasteiger partial charge in [-0.2, -0.15) is 0 Å². The number of fused-ring (bicyclic) bond motifs is 2. The predicted octanol–water partition coefficient (Wildman–Crippen LogP) is 3.88. The van der Waals surface area contributed by atoms with E-state index < -0.39 is 17.2 Å². The highest BCUT2D eigenvalue weighted by Crippen LogP contribution is 2.21. The van der Waals surface area contributed by atoms with Crippen LogP contribution in [0.2, 0.25) is 0 Å². The van der Waals surface area contributed by atoms with Gasteiger partial charge in [0.05, 0.1) is 24.1 Å². The third-order valence-corrected chi connectivity index (χ3v) is 4.94. The fourth-order valence-corrected chi connectivity index (χ4v) is 3.44. The number of aromatic amines is 1. The summed E-state index contributed by atoms with van der Waals surface area (Å²) in [7, 11) is 1.77. The monoisotopic (exact) mass is 464 g/mol. The second-order valence-corrected chi connectivity index (χ2v) is 7.08. The summed E-state index contributed by atoms with van der Waals surface area (Å²) in [5.41, 5.74) is 4.08. The van der Waals surface area contributed by atoms with Crippen LogP contribution in [0.4, 0.5) is 20.3 Å². The third-order valence-electron chi connectivity index (χ3n) is 4.94. The van der Waals surface area contributed by atoms with Crippen LogP contribution in [0.15, 0.2) is 59.9 Å². The van der Waals surface area contributed by atoms with Gasteiger partial charge in [-0.1, -0.05) is 19.9 Å². The van der Waals surface area contributed by atoms with Crippen molar-refractivity contribution in [1.29, 1.82) is 0 Å².